The number of para-hydroxylation sites is 1. The minimum absolute atomic E-state index is 0.591. The van der Waals surface area contributed by atoms with E-state index >= 15 is 0 Å². The second-order valence-corrected chi connectivity index (χ2v) is 5.46. The summed E-state index contributed by atoms with van der Waals surface area (Å²) in [6, 6.07) is 10.3. The van der Waals surface area contributed by atoms with Crippen molar-refractivity contribution in [3.63, 3.8) is 0 Å². The Labute approximate surface area is 126 Å². The molecule has 1 heterocycles. The van der Waals surface area contributed by atoms with Gasteiger partial charge in [-0.05, 0) is 24.5 Å². The van der Waals surface area contributed by atoms with Crippen LogP contribution in [0.4, 0.5) is 0 Å². The van der Waals surface area contributed by atoms with Crippen LogP contribution in [0.2, 0.25) is 0 Å². The highest BCUT2D eigenvalue weighted by atomic mass is 15.2. The van der Waals surface area contributed by atoms with E-state index in [0.29, 0.717) is 12.5 Å². The van der Waals surface area contributed by atoms with Crippen LogP contribution in [0.3, 0.4) is 0 Å². The van der Waals surface area contributed by atoms with Crippen LogP contribution in [-0.4, -0.2) is 24.0 Å². The Hall–Kier alpha value is -2.10. The van der Waals surface area contributed by atoms with Crippen molar-refractivity contribution in [2.24, 2.45) is 10.9 Å². The van der Waals surface area contributed by atoms with Crippen molar-refractivity contribution in [2.75, 3.05) is 13.1 Å². The number of hydrogen-bond acceptors (Lipinski definition) is 2. The zero-order valence-electron chi connectivity index (χ0n) is 13.1. The molecule has 2 aromatic rings. The predicted octanol–water partition coefficient (Wildman–Crippen LogP) is 2.95. The summed E-state index contributed by atoms with van der Waals surface area (Å²) in [4.78, 5) is 9.13. The van der Waals surface area contributed by atoms with Gasteiger partial charge in [-0.15, -0.1) is 0 Å². The molecule has 0 aliphatic carbocycles. The fourth-order valence-electron chi connectivity index (χ4n) is 2.10. The second-order valence-electron chi connectivity index (χ2n) is 5.46. The van der Waals surface area contributed by atoms with E-state index in [1.54, 1.807) is 0 Å². The molecule has 0 saturated carbocycles. The van der Waals surface area contributed by atoms with Crippen LogP contribution >= 0.6 is 0 Å². The molecule has 0 atom stereocenters. The number of aliphatic imine (C=N–C) groups is 1. The fraction of sp³-hybridized carbons (Fsp3) is 0.412. The molecule has 2 rings (SSSR count). The van der Waals surface area contributed by atoms with Crippen molar-refractivity contribution < 1.29 is 0 Å². The Kier molecular flexibility index (Phi) is 5.55. The van der Waals surface area contributed by atoms with Crippen molar-refractivity contribution in [3.05, 3.63) is 42.1 Å². The molecule has 0 radical (unpaired) electrons. The Morgan fingerprint density at radius 3 is 2.76 bits per heavy atom. The number of guanidine groups is 1. The summed E-state index contributed by atoms with van der Waals surface area (Å²) < 4.78 is 0. The van der Waals surface area contributed by atoms with E-state index in [9.17, 15) is 0 Å². The summed E-state index contributed by atoms with van der Waals surface area (Å²) in [7, 11) is 0. The first kappa shape index (κ1) is 15.3. The normalized spacial score (nSPS) is 11.9. The average molecular weight is 284 g/mol. The van der Waals surface area contributed by atoms with Gasteiger partial charge in [0, 0.05) is 24.7 Å². The van der Waals surface area contributed by atoms with Gasteiger partial charge in [-0.1, -0.05) is 38.1 Å². The number of nitrogens with zero attached hydrogens (tertiary/aromatic N) is 2. The molecule has 0 aliphatic rings. The first-order chi connectivity index (χ1) is 10.2. The van der Waals surface area contributed by atoms with Gasteiger partial charge in [-0.3, -0.25) is 4.98 Å². The van der Waals surface area contributed by atoms with E-state index in [0.717, 1.165) is 35.5 Å². The largest absolute Gasteiger partial charge is 0.357 e. The molecular formula is C17H24N4. The highest BCUT2D eigenvalue weighted by Crippen LogP contribution is 2.16. The Morgan fingerprint density at radius 1 is 1.19 bits per heavy atom. The fourth-order valence-corrected chi connectivity index (χ4v) is 2.10. The lowest BCUT2D eigenvalue weighted by Crippen LogP contribution is -2.39. The van der Waals surface area contributed by atoms with Crippen LogP contribution in [0.5, 0.6) is 0 Å². The lowest BCUT2D eigenvalue weighted by molar-refractivity contribution is 0.615. The monoisotopic (exact) mass is 284 g/mol. The number of pyridine rings is 1. The van der Waals surface area contributed by atoms with Crippen LogP contribution in [0.25, 0.3) is 10.9 Å². The van der Waals surface area contributed by atoms with Crippen molar-refractivity contribution >= 4 is 16.9 Å². The van der Waals surface area contributed by atoms with Crippen LogP contribution < -0.4 is 10.6 Å². The lowest BCUT2D eigenvalue weighted by Gasteiger charge is -2.13. The topological polar surface area (TPSA) is 49.3 Å². The first-order valence-corrected chi connectivity index (χ1v) is 7.55. The molecule has 0 spiro atoms. The van der Waals surface area contributed by atoms with Crippen molar-refractivity contribution in [1.82, 2.24) is 15.6 Å². The van der Waals surface area contributed by atoms with E-state index in [1.807, 2.05) is 12.3 Å². The number of aromatic nitrogens is 1. The van der Waals surface area contributed by atoms with Crippen LogP contribution in [0.1, 0.15) is 26.3 Å². The SMILES string of the molecule is CCNC(=NCc1cccc2cccnc12)NCC(C)C. The van der Waals surface area contributed by atoms with Gasteiger partial charge in [0.15, 0.2) is 5.96 Å². The third-order valence-electron chi connectivity index (χ3n) is 3.15. The number of rotatable bonds is 5. The quantitative estimate of drug-likeness (QED) is 0.655. The highest BCUT2D eigenvalue weighted by molar-refractivity contribution is 5.83. The summed E-state index contributed by atoms with van der Waals surface area (Å²) in [6.07, 6.45) is 1.83. The Balaban J connectivity index is 2.15. The third kappa shape index (κ3) is 4.45. The van der Waals surface area contributed by atoms with Crippen molar-refractivity contribution in [3.8, 4) is 0 Å². The summed E-state index contributed by atoms with van der Waals surface area (Å²) in [5.74, 6) is 1.45. The predicted molar refractivity (Wildman–Crippen MR) is 89.4 cm³/mol. The zero-order chi connectivity index (χ0) is 15.1. The van der Waals surface area contributed by atoms with Gasteiger partial charge in [0.1, 0.15) is 0 Å². The summed E-state index contributed by atoms with van der Waals surface area (Å²) >= 11 is 0. The molecule has 4 heteroatoms. The van der Waals surface area contributed by atoms with Crippen LogP contribution in [-0.2, 0) is 6.54 Å². The van der Waals surface area contributed by atoms with E-state index in [-0.39, 0.29) is 0 Å². The number of benzene rings is 1. The standard InChI is InChI=1S/C17H24N4/c1-4-18-17(20-11-13(2)3)21-12-15-8-5-7-14-9-6-10-19-16(14)15/h5-10,13H,4,11-12H2,1-3H3,(H2,18,20,21). The molecule has 0 saturated heterocycles. The summed E-state index contributed by atoms with van der Waals surface area (Å²) in [5.41, 5.74) is 2.18. The maximum absolute atomic E-state index is 4.66. The van der Waals surface area contributed by atoms with E-state index in [1.165, 1.54) is 0 Å². The van der Waals surface area contributed by atoms with Gasteiger partial charge in [0.2, 0.25) is 0 Å². The molecule has 1 aromatic heterocycles. The molecule has 112 valence electrons. The van der Waals surface area contributed by atoms with E-state index in [4.69, 9.17) is 0 Å². The molecule has 0 amide bonds. The lowest BCUT2D eigenvalue weighted by atomic mass is 10.1. The minimum atomic E-state index is 0.591. The van der Waals surface area contributed by atoms with Gasteiger partial charge >= 0.3 is 0 Å². The molecule has 0 fully saturated rings. The van der Waals surface area contributed by atoms with Crippen LogP contribution in [0.15, 0.2) is 41.5 Å². The molecule has 0 aliphatic heterocycles. The Morgan fingerprint density at radius 2 is 2.00 bits per heavy atom. The van der Waals surface area contributed by atoms with E-state index < -0.39 is 0 Å². The van der Waals surface area contributed by atoms with Gasteiger partial charge in [-0.2, -0.15) is 0 Å². The molecule has 21 heavy (non-hydrogen) atoms. The molecule has 4 nitrogen and oxygen atoms in total. The van der Waals surface area contributed by atoms with Gasteiger partial charge < -0.3 is 10.6 Å². The van der Waals surface area contributed by atoms with Gasteiger partial charge in [0.25, 0.3) is 0 Å². The number of nitrogens with one attached hydrogen (secondary N) is 2. The van der Waals surface area contributed by atoms with Gasteiger partial charge in [-0.25, -0.2) is 4.99 Å². The maximum atomic E-state index is 4.66. The summed E-state index contributed by atoms with van der Waals surface area (Å²) in [6.45, 7) is 8.85. The molecule has 0 bridgehead atoms. The second kappa shape index (κ2) is 7.62. The molecule has 2 N–H and O–H groups in total. The third-order valence-corrected chi connectivity index (χ3v) is 3.15. The average Bonchev–Trinajstić information content (AvgIpc) is 2.50. The summed E-state index contributed by atoms with van der Waals surface area (Å²) in [5, 5.41) is 7.79. The maximum Gasteiger partial charge on any atom is 0.191 e. The number of hydrogen-bond donors (Lipinski definition) is 2. The van der Waals surface area contributed by atoms with Crippen molar-refractivity contribution in [2.45, 2.75) is 27.3 Å². The highest BCUT2D eigenvalue weighted by Gasteiger charge is 2.03. The minimum Gasteiger partial charge on any atom is -0.357 e. The smallest absolute Gasteiger partial charge is 0.191 e. The molecule has 1 aromatic carbocycles. The van der Waals surface area contributed by atoms with E-state index in [2.05, 4.69) is 65.6 Å². The molecular weight excluding hydrogens is 260 g/mol. The molecule has 0 unspecified atom stereocenters. The Bertz CT molecular complexity index is 599. The number of fused-ring (bicyclic) bond motifs is 1. The van der Waals surface area contributed by atoms with Crippen molar-refractivity contribution in [1.29, 1.82) is 0 Å². The first-order valence-electron chi connectivity index (χ1n) is 7.55. The van der Waals surface area contributed by atoms with Crippen LogP contribution in [0, 0.1) is 5.92 Å². The zero-order valence-corrected chi connectivity index (χ0v) is 13.1. The van der Waals surface area contributed by atoms with Gasteiger partial charge in [0.05, 0.1) is 12.1 Å².